The molecule has 0 aliphatic heterocycles. The highest BCUT2D eigenvalue weighted by molar-refractivity contribution is 6.32. The number of rotatable bonds is 4. The molecule has 1 heterocycles. The van der Waals surface area contributed by atoms with Crippen LogP contribution in [0.5, 0.6) is 0 Å². The number of aromatic nitrogens is 1. The molecule has 4 heteroatoms. The fourth-order valence-electron chi connectivity index (χ4n) is 1.79. The number of amides is 1. The van der Waals surface area contributed by atoms with Crippen molar-refractivity contribution in [3.63, 3.8) is 0 Å². The Morgan fingerprint density at radius 2 is 1.95 bits per heavy atom. The molecule has 0 aliphatic rings. The minimum Gasteiger partial charge on any atom is -0.341 e. The maximum absolute atomic E-state index is 12.2. The number of carbonyl (C=O) groups is 1. The molecule has 2 aromatic rings. The van der Waals surface area contributed by atoms with Gasteiger partial charge in [0, 0.05) is 19.8 Å². The molecule has 0 fully saturated rings. The van der Waals surface area contributed by atoms with E-state index in [-0.39, 0.29) is 11.1 Å². The lowest BCUT2D eigenvalue weighted by molar-refractivity contribution is 0.0796. The van der Waals surface area contributed by atoms with Gasteiger partial charge in [-0.05, 0) is 24.1 Å². The molecule has 2 rings (SSSR count). The van der Waals surface area contributed by atoms with Crippen molar-refractivity contribution in [2.24, 2.45) is 0 Å². The van der Waals surface area contributed by atoms with Gasteiger partial charge >= 0.3 is 0 Å². The third-order valence-electron chi connectivity index (χ3n) is 2.91. The molecular formula is C15H15ClN2O. The molecule has 0 bridgehead atoms. The van der Waals surface area contributed by atoms with Gasteiger partial charge in [0.25, 0.3) is 5.91 Å². The quantitative estimate of drug-likeness (QED) is 0.803. The number of nitrogens with zero attached hydrogens (tertiary/aromatic N) is 2. The Kier molecular flexibility index (Phi) is 4.53. The minimum atomic E-state index is -0.103. The Balaban J connectivity index is 1.99. The number of benzene rings is 1. The number of hydrogen-bond acceptors (Lipinski definition) is 2. The Morgan fingerprint density at radius 1 is 1.21 bits per heavy atom. The lowest BCUT2D eigenvalue weighted by atomic mass is 10.1. The topological polar surface area (TPSA) is 33.2 Å². The van der Waals surface area contributed by atoms with Gasteiger partial charge in [-0.3, -0.25) is 4.79 Å². The third kappa shape index (κ3) is 3.55. The van der Waals surface area contributed by atoms with E-state index in [1.54, 1.807) is 30.3 Å². The fourth-order valence-corrected chi connectivity index (χ4v) is 1.99. The van der Waals surface area contributed by atoms with Crippen LogP contribution in [-0.4, -0.2) is 29.4 Å². The Labute approximate surface area is 117 Å². The Hall–Kier alpha value is -1.87. The summed E-state index contributed by atoms with van der Waals surface area (Å²) >= 11 is 5.92. The van der Waals surface area contributed by atoms with E-state index in [4.69, 9.17) is 11.6 Å². The van der Waals surface area contributed by atoms with E-state index in [1.165, 1.54) is 5.56 Å². The van der Waals surface area contributed by atoms with E-state index in [0.717, 1.165) is 6.42 Å². The van der Waals surface area contributed by atoms with E-state index in [9.17, 15) is 4.79 Å². The van der Waals surface area contributed by atoms with Gasteiger partial charge in [0.05, 0.1) is 5.56 Å². The highest BCUT2D eigenvalue weighted by Crippen LogP contribution is 2.13. The Morgan fingerprint density at radius 3 is 2.63 bits per heavy atom. The number of pyridine rings is 1. The average Bonchev–Trinajstić information content (AvgIpc) is 2.45. The van der Waals surface area contributed by atoms with Crippen molar-refractivity contribution in [3.05, 3.63) is 64.9 Å². The molecule has 1 aromatic carbocycles. The number of carbonyl (C=O) groups excluding carboxylic acids is 1. The maximum Gasteiger partial charge on any atom is 0.256 e. The minimum absolute atomic E-state index is 0.103. The highest BCUT2D eigenvalue weighted by atomic mass is 35.5. The summed E-state index contributed by atoms with van der Waals surface area (Å²) in [6.07, 6.45) is 2.39. The van der Waals surface area contributed by atoms with Crippen molar-refractivity contribution in [2.75, 3.05) is 13.6 Å². The SMILES string of the molecule is CN(CCc1ccccc1)C(=O)c1cccnc1Cl. The van der Waals surface area contributed by atoms with Gasteiger partial charge in [-0.15, -0.1) is 0 Å². The zero-order valence-electron chi connectivity index (χ0n) is 10.7. The van der Waals surface area contributed by atoms with Crippen molar-refractivity contribution in [1.82, 2.24) is 9.88 Å². The van der Waals surface area contributed by atoms with Crippen LogP contribution in [0, 0.1) is 0 Å². The van der Waals surface area contributed by atoms with Crippen LogP contribution in [0.25, 0.3) is 0 Å². The normalized spacial score (nSPS) is 10.2. The van der Waals surface area contributed by atoms with Gasteiger partial charge in [0.1, 0.15) is 5.15 Å². The predicted molar refractivity (Wildman–Crippen MR) is 76.4 cm³/mol. The zero-order valence-corrected chi connectivity index (χ0v) is 11.5. The lowest BCUT2D eigenvalue weighted by Crippen LogP contribution is -2.29. The van der Waals surface area contributed by atoms with Gasteiger partial charge in [-0.25, -0.2) is 4.98 Å². The molecule has 0 N–H and O–H groups in total. The van der Waals surface area contributed by atoms with Crippen molar-refractivity contribution < 1.29 is 4.79 Å². The number of halogens is 1. The van der Waals surface area contributed by atoms with Crippen LogP contribution in [0.3, 0.4) is 0 Å². The third-order valence-corrected chi connectivity index (χ3v) is 3.22. The summed E-state index contributed by atoms with van der Waals surface area (Å²) in [6.45, 7) is 0.647. The van der Waals surface area contributed by atoms with Gasteiger partial charge in [-0.1, -0.05) is 41.9 Å². The molecule has 3 nitrogen and oxygen atoms in total. The van der Waals surface area contributed by atoms with Gasteiger partial charge in [0.2, 0.25) is 0 Å². The largest absolute Gasteiger partial charge is 0.341 e. The summed E-state index contributed by atoms with van der Waals surface area (Å²) in [5, 5.41) is 0.249. The first-order valence-corrected chi connectivity index (χ1v) is 6.46. The first kappa shape index (κ1) is 13.6. The van der Waals surface area contributed by atoms with Gasteiger partial charge in [0.15, 0.2) is 0 Å². The lowest BCUT2D eigenvalue weighted by Gasteiger charge is -2.17. The second-order valence-electron chi connectivity index (χ2n) is 4.30. The van der Waals surface area contributed by atoms with Crippen LogP contribution in [0.15, 0.2) is 48.7 Å². The molecule has 0 radical (unpaired) electrons. The Bertz CT molecular complexity index is 557. The van der Waals surface area contributed by atoms with E-state index in [2.05, 4.69) is 17.1 Å². The van der Waals surface area contributed by atoms with Crippen LogP contribution in [0.2, 0.25) is 5.15 Å². The zero-order chi connectivity index (χ0) is 13.7. The van der Waals surface area contributed by atoms with Crippen LogP contribution >= 0.6 is 11.6 Å². The second-order valence-corrected chi connectivity index (χ2v) is 4.66. The summed E-state index contributed by atoms with van der Waals surface area (Å²) in [4.78, 5) is 17.8. The average molecular weight is 275 g/mol. The van der Waals surface area contributed by atoms with Crippen LogP contribution in [-0.2, 0) is 6.42 Å². The van der Waals surface area contributed by atoms with E-state index >= 15 is 0 Å². The van der Waals surface area contributed by atoms with Crippen molar-refractivity contribution in [3.8, 4) is 0 Å². The van der Waals surface area contributed by atoms with Crippen molar-refractivity contribution >= 4 is 17.5 Å². The molecule has 0 saturated carbocycles. The molecule has 1 amide bonds. The van der Waals surface area contributed by atoms with E-state index < -0.39 is 0 Å². The molecule has 0 spiro atoms. The molecule has 0 atom stereocenters. The van der Waals surface area contributed by atoms with Crippen LogP contribution in [0.1, 0.15) is 15.9 Å². The first-order chi connectivity index (χ1) is 9.18. The molecule has 0 aliphatic carbocycles. The summed E-state index contributed by atoms with van der Waals surface area (Å²) in [5.74, 6) is -0.103. The summed E-state index contributed by atoms with van der Waals surface area (Å²) < 4.78 is 0. The molecule has 98 valence electrons. The maximum atomic E-state index is 12.2. The molecular weight excluding hydrogens is 260 g/mol. The van der Waals surface area contributed by atoms with E-state index in [0.29, 0.717) is 12.1 Å². The van der Waals surface area contributed by atoms with Crippen molar-refractivity contribution in [1.29, 1.82) is 0 Å². The highest BCUT2D eigenvalue weighted by Gasteiger charge is 2.15. The van der Waals surface area contributed by atoms with Gasteiger partial charge in [-0.2, -0.15) is 0 Å². The molecule has 19 heavy (non-hydrogen) atoms. The summed E-state index contributed by atoms with van der Waals surface area (Å²) in [5.41, 5.74) is 1.65. The number of hydrogen-bond donors (Lipinski definition) is 0. The van der Waals surface area contributed by atoms with Crippen LogP contribution in [0.4, 0.5) is 0 Å². The summed E-state index contributed by atoms with van der Waals surface area (Å²) in [7, 11) is 1.77. The second kappa shape index (κ2) is 6.34. The fraction of sp³-hybridized carbons (Fsp3) is 0.200. The number of likely N-dealkylation sites (N-methyl/N-ethyl adjacent to an activating group) is 1. The van der Waals surface area contributed by atoms with Crippen molar-refractivity contribution in [2.45, 2.75) is 6.42 Å². The smallest absolute Gasteiger partial charge is 0.256 e. The first-order valence-electron chi connectivity index (χ1n) is 6.08. The van der Waals surface area contributed by atoms with Crippen LogP contribution < -0.4 is 0 Å². The van der Waals surface area contributed by atoms with Gasteiger partial charge < -0.3 is 4.90 Å². The standard InChI is InChI=1S/C15H15ClN2O/c1-18(11-9-12-6-3-2-4-7-12)15(19)13-8-5-10-17-14(13)16/h2-8,10H,9,11H2,1H3. The molecule has 1 aromatic heterocycles. The molecule has 0 saturated heterocycles. The molecule has 0 unspecified atom stereocenters. The predicted octanol–water partition coefficient (Wildman–Crippen LogP) is 3.05. The summed E-state index contributed by atoms with van der Waals surface area (Å²) in [6, 6.07) is 13.5. The van der Waals surface area contributed by atoms with E-state index in [1.807, 2.05) is 18.2 Å². The monoisotopic (exact) mass is 274 g/mol.